The lowest BCUT2D eigenvalue weighted by atomic mass is 10.2. The first-order valence-electron chi connectivity index (χ1n) is 9.87. The average molecular weight is 472 g/mol. The van der Waals surface area contributed by atoms with E-state index in [9.17, 15) is 17.6 Å². The summed E-state index contributed by atoms with van der Waals surface area (Å²) in [6, 6.07) is 9.67. The molecule has 3 aromatic heterocycles. The summed E-state index contributed by atoms with van der Waals surface area (Å²) >= 11 is 1.20. The Morgan fingerprint density at radius 3 is 2.66 bits per heavy atom. The molecule has 4 aromatic rings. The van der Waals surface area contributed by atoms with Crippen molar-refractivity contribution < 1.29 is 17.6 Å². The van der Waals surface area contributed by atoms with Gasteiger partial charge in [-0.25, -0.2) is 22.8 Å². The Morgan fingerprint density at radius 1 is 1.09 bits per heavy atom. The van der Waals surface area contributed by atoms with Gasteiger partial charge in [-0.05, 0) is 24.3 Å². The monoisotopic (exact) mass is 471 g/mol. The van der Waals surface area contributed by atoms with Crippen LogP contribution in [0, 0.1) is 5.82 Å². The van der Waals surface area contributed by atoms with Crippen LogP contribution in [0.1, 0.15) is 10.5 Å². The molecular weight excluding hydrogens is 453 g/mol. The minimum absolute atomic E-state index is 0.172. The fourth-order valence-electron chi connectivity index (χ4n) is 3.71. The molecule has 8 nitrogen and oxygen atoms in total. The molecule has 0 radical (unpaired) electrons. The normalized spacial score (nSPS) is 15.3. The molecule has 164 valence electrons. The van der Waals surface area contributed by atoms with E-state index in [4.69, 9.17) is 0 Å². The lowest BCUT2D eigenvalue weighted by molar-refractivity contribution is 0.0693. The van der Waals surface area contributed by atoms with E-state index in [1.807, 2.05) is 0 Å². The molecule has 11 heteroatoms. The van der Waals surface area contributed by atoms with Crippen LogP contribution in [0.5, 0.6) is 0 Å². The number of piperazine rings is 1. The molecule has 1 N–H and O–H groups in total. The second-order valence-electron chi connectivity index (χ2n) is 7.27. The van der Waals surface area contributed by atoms with Gasteiger partial charge in [-0.2, -0.15) is 4.31 Å². The standard InChI is InChI=1S/C21H18FN5O3S2/c22-16-6-2-1-4-14(16)20-25-17(13-31-20)21(28)26-8-10-27(11-9-26)32(29,30)18-12-24-19-15(18)5-3-7-23-19/h1-7,12-13H,8-11H2,(H,23,24). The largest absolute Gasteiger partial charge is 0.345 e. The summed E-state index contributed by atoms with van der Waals surface area (Å²) < 4.78 is 41.6. The number of hydrogen-bond acceptors (Lipinski definition) is 6. The van der Waals surface area contributed by atoms with Gasteiger partial charge in [0.1, 0.15) is 27.1 Å². The van der Waals surface area contributed by atoms with Crippen molar-refractivity contribution >= 4 is 38.3 Å². The van der Waals surface area contributed by atoms with E-state index in [-0.39, 0.29) is 42.7 Å². The molecule has 0 aliphatic carbocycles. The number of H-pyrrole nitrogens is 1. The summed E-state index contributed by atoms with van der Waals surface area (Å²) in [6.07, 6.45) is 3.04. The summed E-state index contributed by atoms with van der Waals surface area (Å²) in [4.78, 5) is 26.0. The van der Waals surface area contributed by atoms with Crippen molar-refractivity contribution in [2.75, 3.05) is 26.2 Å². The van der Waals surface area contributed by atoms with Gasteiger partial charge in [-0.3, -0.25) is 4.79 Å². The third kappa shape index (κ3) is 3.57. The van der Waals surface area contributed by atoms with Gasteiger partial charge in [0, 0.05) is 54.9 Å². The molecule has 1 aliphatic rings. The molecule has 0 atom stereocenters. The van der Waals surface area contributed by atoms with Gasteiger partial charge in [0.25, 0.3) is 5.91 Å². The van der Waals surface area contributed by atoms with Gasteiger partial charge in [0.15, 0.2) is 0 Å². The predicted octanol–water partition coefficient (Wildman–Crippen LogP) is 2.97. The number of nitrogens with one attached hydrogen (secondary N) is 1. The quantitative estimate of drug-likeness (QED) is 0.493. The van der Waals surface area contributed by atoms with Gasteiger partial charge in [-0.1, -0.05) is 12.1 Å². The SMILES string of the molecule is O=C(c1csc(-c2ccccc2F)n1)N1CCN(S(=O)(=O)c2c[nH]c3ncccc23)CC1. The number of sulfonamides is 1. The minimum atomic E-state index is -3.73. The van der Waals surface area contributed by atoms with E-state index < -0.39 is 15.8 Å². The zero-order chi connectivity index (χ0) is 22.3. The van der Waals surface area contributed by atoms with Gasteiger partial charge < -0.3 is 9.88 Å². The molecule has 1 fully saturated rings. The highest BCUT2D eigenvalue weighted by atomic mass is 32.2. The Morgan fingerprint density at radius 2 is 1.88 bits per heavy atom. The topological polar surface area (TPSA) is 99.3 Å². The van der Waals surface area contributed by atoms with Crippen LogP contribution in [0.4, 0.5) is 4.39 Å². The second kappa shape index (κ2) is 8.08. The zero-order valence-electron chi connectivity index (χ0n) is 16.7. The van der Waals surface area contributed by atoms with Crippen LogP contribution >= 0.6 is 11.3 Å². The second-order valence-corrected chi connectivity index (χ2v) is 10.0. The maximum atomic E-state index is 14.0. The van der Waals surface area contributed by atoms with Crippen molar-refractivity contribution in [3.05, 3.63) is 65.7 Å². The van der Waals surface area contributed by atoms with Crippen LogP contribution in [0.15, 0.2) is 59.1 Å². The smallest absolute Gasteiger partial charge is 0.273 e. The maximum absolute atomic E-state index is 14.0. The first-order valence-corrected chi connectivity index (χ1v) is 12.2. The number of amides is 1. The number of carbonyl (C=O) groups excluding carboxylic acids is 1. The maximum Gasteiger partial charge on any atom is 0.273 e. The van der Waals surface area contributed by atoms with Crippen molar-refractivity contribution in [2.24, 2.45) is 0 Å². The Hall–Kier alpha value is -3.15. The van der Waals surface area contributed by atoms with Crippen LogP contribution in [0.2, 0.25) is 0 Å². The van der Waals surface area contributed by atoms with Crippen molar-refractivity contribution in [2.45, 2.75) is 4.90 Å². The molecule has 1 amide bonds. The summed E-state index contributed by atoms with van der Waals surface area (Å²) in [6.45, 7) is 0.826. The van der Waals surface area contributed by atoms with Crippen LogP contribution in [0.3, 0.4) is 0 Å². The van der Waals surface area contributed by atoms with E-state index in [1.165, 1.54) is 27.9 Å². The van der Waals surface area contributed by atoms with Gasteiger partial charge in [-0.15, -0.1) is 11.3 Å². The van der Waals surface area contributed by atoms with E-state index in [0.29, 0.717) is 21.6 Å². The highest BCUT2D eigenvalue weighted by Gasteiger charge is 2.32. The molecule has 1 aliphatic heterocycles. The number of rotatable bonds is 4. The van der Waals surface area contributed by atoms with Crippen LogP contribution in [0.25, 0.3) is 21.6 Å². The molecule has 0 unspecified atom stereocenters. The number of aromatic nitrogens is 3. The van der Waals surface area contributed by atoms with Crippen molar-refractivity contribution in [1.29, 1.82) is 0 Å². The number of hydrogen-bond donors (Lipinski definition) is 1. The lowest BCUT2D eigenvalue weighted by Crippen LogP contribution is -2.50. The first kappa shape index (κ1) is 20.7. The number of thiazole rings is 1. The van der Waals surface area contributed by atoms with Crippen molar-refractivity contribution in [3.8, 4) is 10.6 Å². The van der Waals surface area contributed by atoms with Gasteiger partial charge >= 0.3 is 0 Å². The summed E-state index contributed by atoms with van der Waals surface area (Å²) in [5.41, 5.74) is 1.09. The highest BCUT2D eigenvalue weighted by Crippen LogP contribution is 2.28. The number of aromatic amines is 1. The number of carbonyl (C=O) groups is 1. The van der Waals surface area contributed by atoms with E-state index in [2.05, 4.69) is 15.0 Å². The Kier molecular flexibility index (Phi) is 5.24. The van der Waals surface area contributed by atoms with Gasteiger partial charge in [0.2, 0.25) is 10.0 Å². The third-order valence-corrected chi connectivity index (χ3v) is 8.20. The fourth-order valence-corrected chi connectivity index (χ4v) is 6.10. The number of benzene rings is 1. The van der Waals surface area contributed by atoms with Gasteiger partial charge in [0.05, 0.1) is 0 Å². The average Bonchev–Trinajstić information content (AvgIpc) is 3.47. The van der Waals surface area contributed by atoms with Crippen molar-refractivity contribution in [1.82, 2.24) is 24.2 Å². The number of halogens is 1. The van der Waals surface area contributed by atoms with Crippen LogP contribution in [-0.4, -0.2) is 64.7 Å². The predicted molar refractivity (Wildman–Crippen MR) is 118 cm³/mol. The third-order valence-electron chi connectivity index (χ3n) is 5.38. The molecule has 1 aromatic carbocycles. The summed E-state index contributed by atoms with van der Waals surface area (Å²) in [5, 5.41) is 2.57. The van der Waals surface area contributed by atoms with Crippen LogP contribution in [-0.2, 0) is 10.0 Å². The minimum Gasteiger partial charge on any atom is -0.345 e. The summed E-state index contributed by atoms with van der Waals surface area (Å²) in [7, 11) is -3.73. The number of fused-ring (bicyclic) bond motifs is 1. The Bertz CT molecular complexity index is 1410. The Labute approximate surface area is 187 Å². The molecule has 32 heavy (non-hydrogen) atoms. The molecule has 0 saturated carbocycles. The zero-order valence-corrected chi connectivity index (χ0v) is 18.4. The molecule has 4 heterocycles. The molecule has 5 rings (SSSR count). The van der Waals surface area contributed by atoms with Crippen molar-refractivity contribution in [3.63, 3.8) is 0 Å². The highest BCUT2D eigenvalue weighted by molar-refractivity contribution is 7.89. The molecule has 1 saturated heterocycles. The molecular formula is C21H18FN5O3S2. The Balaban J connectivity index is 1.30. The number of pyridine rings is 1. The van der Waals surface area contributed by atoms with E-state index >= 15 is 0 Å². The van der Waals surface area contributed by atoms with E-state index in [1.54, 1.807) is 46.8 Å². The first-order chi connectivity index (χ1) is 15.4. The molecule has 0 spiro atoms. The van der Waals surface area contributed by atoms with Crippen LogP contribution < -0.4 is 0 Å². The summed E-state index contributed by atoms with van der Waals surface area (Å²) in [5.74, 6) is -0.690. The fraction of sp³-hybridized carbons (Fsp3) is 0.190. The van der Waals surface area contributed by atoms with E-state index in [0.717, 1.165) is 0 Å². The number of nitrogens with zero attached hydrogens (tertiary/aromatic N) is 4. The lowest BCUT2D eigenvalue weighted by Gasteiger charge is -2.33. The molecule has 0 bridgehead atoms.